The van der Waals surface area contributed by atoms with Crippen LogP contribution in [0.3, 0.4) is 0 Å². The Hall–Kier alpha value is -3.61. The molecule has 8 nitrogen and oxygen atoms in total. The molecule has 3 aromatic rings. The lowest BCUT2D eigenvalue weighted by atomic mass is 9.30. The molecule has 0 radical (unpaired) electrons. The molecule has 5 aliphatic carbocycles. The predicted molar refractivity (Wildman–Crippen MR) is 116 cm³/mol. The number of carboxylic acid groups (broad SMARTS) is 1. The zero-order valence-electron chi connectivity index (χ0n) is 18.0. The lowest BCUT2D eigenvalue weighted by Gasteiger charge is -2.74. The van der Waals surface area contributed by atoms with Crippen LogP contribution in [0.1, 0.15) is 49.1 Å². The van der Waals surface area contributed by atoms with Gasteiger partial charge in [0.05, 0.1) is 22.9 Å². The Kier molecular flexibility index (Phi) is 3.79. The van der Waals surface area contributed by atoms with Crippen molar-refractivity contribution in [3.8, 4) is 17.3 Å². The molecule has 5 aliphatic rings. The first-order valence-corrected chi connectivity index (χ1v) is 11.6. The molecule has 4 bridgehead atoms. The molecule has 172 valence electrons. The van der Waals surface area contributed by atoms with E-state index in [4.69, 9.17) is 0 Å². The maximum absolute atomic E-state index is 15.8. The number of aromatic nitrogens is 4. The van der Waals surface area contributed by atoms with Crippen molar-refractivity contribution >= 4 is 23.0 Å². The number of H-pyrrole nitrogens is 1. The third-order valence-electron chi connectivity index (χ3n) is 8.68. The first-order chi connectivity index (χ1) is 16.4. The van der Waals surface area contributed by atoms with Gasteiger partial charge in [0.25, 0.3) is 0 Å². The SMILES string of the molecule is N#Cc1c(-c2c[nH]c3ncc(F)nc23)nc(N[C@H]2C3CCC4CC3[C@@]42C(=O)O)c(F)c1C1CC1. The lowest BCUT2D eigenvalue weighted by molar-refractivity contribution is -0.248. The fraction of sp³-hybridized carbons (Fsp3) is 0.458. The standard InChI is InChI=1S/C24H20F2N6O2/c25-15-8-29-22-19(30-15)13(7-28-22)18-12(6-27)16(9-1-2-9)17(26)21(31-18)32-20-11-4-3-10-5-14(11)24(10,20)23(33)34/h7-11,14,20H,1-5H2,(H,28,29)(H,31,32)(H,33,34)/t10?,11?,14?,20-,24-/m0/s1. The number of nitrogens with zero attached hydrogens (tertiary/aromatic N) is 4. The number of fused-ring (bicyclic) bond motifs is 2. The number of aromatic amines is 1. The van der Waals surface area contributed by atoms with Gasteiger partial charge in [-0.15, -0.1) is 0 Å². The summed E-state index contributed by atoms with van der Waals surface area (Å²) < 4.78 is 29.7. The Morgan fingerprint density at radius 1 is 1.26 bits per heavy atom. The Bertz CT molecular complexity index is 1430. The molecule has 0 saturated heterocycles. The minimum Gasteiger partial charge on any atom is -0.481 e. The number of hydrogen-bond donors (Lipinski definition) is 3. The number of pyridine rings is 1. The minimum absolute atomic E-state index is 0.0452. The first-order valence-electron chi connectivity index (χ1n) is 11.6. The van der Waals surface area contributed by atoms with Crippen molar-refractivity contribution in [3.05, 3.63) is 35.3 Å². The molecule has 0 aliphatic heterocycles. The molecular formula is C24H20F2N6O2. The maximum Gasteiger partial charge on any atom is 0.312 e. The highest BCUT2D eigenvalue weighted by atomic mass is 19.1. The number of hydrogen-bond acceptors (Lipinski definition) is 6. The van der Waals surface area contributed by atoms with Crippen LogP contribution in [0.25, 0.3) is 22.4 Å². The summed E-state index contributed by atoms with van der Waals surface area (Å²) in [5.41, 5.74) is 0.584. The van der Waals surface area contributed by atoms with E-state index >= 15 is 4.39 Å². The van der Waals surface area contributed by atoms with Gasteiger partial charge >= 0.3 is 5.97 Å². The monoisotopic (exact) mass is 462 g/mol. The number of halogens is 2. The number of carbonyl (C=O) groups is 1. The summed E-state index contributed by atoms with van der Waals surface area (Å²) in [4.78, 5) is 27.6. The van der Waals surface area contributed by atoms with E-state index in [2.05, 4.69) is 31.3 Å². The second kappa shape index (κ2) is 6.50. The van der Waals surface area contributed by atoms with Gasteiger partial charge in [-0.1, -0.05) is 0 Å². The van der Waals surface area contributed by atoms with Crippen molar-refractivity contribution in [3.63, 3.8) is 0 Å². The van der Waals surface area contributed by atoms with Gasteiger partial charge in [0.2, 0.25) is 5.95 Å². The quantitative estimate of drug-likeness (QED) is 0.524. The van der Waals surface area contributed by atoms with Crippen molar-refractivity contribution < 1.29 is 18.7 Å². The van der Waals surface area contributed by atoms with E-state index in [-0.39, 0.29) is 51.8 Å². The predicted octanol–water partition coefficient (Wildman–Crippen LogP) is 3.96. The highest BCUT2D eigenvalue weighted by Crippen LogP contribution is 2.74. The molecule has 5 atom stereocenters. The maximum atomic E-state index is 15.8. The molecule has 10 heteroatoms. The second-order valence-corrected chi connectivity index (χ2v) is 10.0. The molecule has 3 heterocycles. The number of anilines is 1. The zero-order chi connectivity index (χ0) is 23.4. The smallest absolute Gasteiger partial charge is 0.312 e. The Balaban J connectivity index is 1.39. The second-order valence-electron chi connectivity index (χ2n) is 10.0. The van der Waals surface area contributed by atoms with Gasteiger partial charge in [0.15, 0.2) is 17.3 Å². The number of aliphatic carboxylic acids is 1. The van der Waals surface area contributed by atoms with E-state index in [1.165, 1.54) is 6.20 Å². The topological polar surface area (TPSA) is 128 Å². The van der Waals surface area contributed by atoms with E-state index in [0.717, 1.165) is 38.3 Å². The van der Waals surface area contributed by atoms with Crippen LogP contribution in [0.5, 0.6) is 0 Å². The van der Waals surface area contributed by atoms with Crippen LogP contribution in [-0.4, -0.2) is 37.1 Å². The Labute approximate surface area is 192 Å². The average molecular weight is 462 g/mol. The van der Waals surface area contributed by atoms with Crippen molar-refractivity contribution in [2.75, 3.05) is 5.32 Å². The molecule has 0 aromatic carbocycles. The molecule has 34 heavy (non-hydrogen) atoms. The third-order valence-corrected chi connectivity index (χ3v) is 8.68. The molecule has 0 amide bonds. The fourth-order valence-electron chi connectivity index (χ4n) is 7.07. The largest absolute Gasteiger partial charge is 0.481 e. The van der Waals surface area contributed by atoms with Crippen LogP contribution >= 0.6 is 0 Å². The van der Waals surface area contributed by atoms with Crippen LogP contribution < -0.4 is 5.32 Å². The van der Waals surface area contributed by atoms with E-state index in [1.807, 2.05) is 0 Å². The van der Waals surface area contributed by atoms with Crippen molar-refractivity contribution in [1.82, 2.24) is 19.9 Å². The van der Waals surface area contributed by atoms with Crippen LogP contribution in [0.2, 0.25) is 0 Å². The Morgan fingerprint density at radius 3 is 2.76 bits per heavy atom. The number of nitrogens with one attached hydrogen (secondary N) is 2. The van der Waals surface area contributed by atoms with Crippen LogP contribution in [0, 0.1) is 46.3 Å². The van der Waals surface area contributed by atoms with Crippen LogP contribution in [-0.2, 0) is 4.79 Å². The summed E-state index contributed by atoms with van der Waals surface area (Å²) >= 11 is 0. The van der Waals surface area contributed by atoms with Crippen molar-refractivity contribution in [1.29, 1.82) is 5.26 Å². The fourth-order valence-corrected chi connectivity index (χ4v) is 7.07. The van der Waals surface area contributed by atoms with Gasteiger partial charge in [-0.05, 0) is 55.8 Å². The normalized spacial score (nSPS) is 30.9. The van der Waals surface area contributed by atoms with Crippen LogP contribution in [0.15, 0.2) is 12.4 Å². The lowest BCUT2D eigenvalue weighted by Crippen LogP contribution is -2.79. The van der Waals surface area contributed by atoms with Crippen molar-refractivity contribution in [2.24, 2.45) is 23.2 Å². The van der Waals surface area contributed by atoms with Crippen molar-refractivity contribution in [2.45, 2.75) is 44.1 Å². The summed E-state index contributed by atoms with van der Waals surface area (Å²) in [5.74, 6) is -1.98. The molecule has 3 N–H and O–H groups in total. The van der Waals surface area contributed by atoms with Gasteiger partial charge in [-0.25, -0.2) is 19.3 Å². The molecule has 3 unspecified atom stereocenters. The molecule has 0 spiro atoms. The highest BCUT2D eigenvalue weighted by molar-refractivity contribution is 5.91. The summed E-state index contributed by atoms with van der Waals surface area (Å²) in [6.07, 6.45) is 6.75. The average Bonchev–Trinajstić information content (AvgIpc) is 3.58. The highest BCUT2D eigenvalue weighted by Gasteiger charge is 2.78. The number of nitriles is 1. The number of rotatable bonds is 5. The molecule has 5 saturated carbocycles. The summed E-state index contributed by atoms with van der Waals surface area (Å²) in [5, 5.41) is 23.2. The first kappa shape index (κ1) is 19.8. The molecule has 5 fully saturated rings. The Morgan fingerprint density at radius 2 is 2.09 bits per heavy atom. The number of carboxylic acids is 1. The van der Waals surface area contributed by atoms with Crippen LogP contribution in [0.4, 0.5) is 14.6 Å². The van der Waals surface area contributed by atoms with Gasteiger partial charge < -0.3 is 15.4 Å². The third kappa shape index (κ3) is 2.29. The summed E-state index contributed by atoms with van der Waals surface area (Å²) in [6.45, 7) is 0. The van der Waals surface area contributed by atoms with E-state index in [9.17, 15) is 19.6 Å². The minimum atomic E-state index is -0.875. The van der Waals surface area contributed by atoms with Gasteiger partial charge in [0, 0.05) is 23.4 Å². The molecule has 3 aromatic heterocycles. The van der Waals surface area contributed by atoms with E-state index < -0.39 is 29.2 Å². The summed E-state index contributed by atoms with van der Waals surface area (Å²) in [6, 6.07) is 1.70. The van der Waals surface area contributed by atoms with Gasteiger partial charge in [-0.2, -0.15) is 9.65 Å². The van der Waals surface area contributed by atoms with E-state index in [1.54, 1.807) is 0 Å². The van der Waals surface area contributed by atoms with E-state index in [0.29, 0.717) is 11.2 Å². The zero-order valence-corrected chi connectivity index (χ0v) is 18.0. The van der Waals surface area contributed by atoms with Gasteiger partial charge in [-0.3, -0.25) is 4.79 Å². The molecular weight excluding hydrogens is 442 g/mol. The van der Waals surface area contributed by atoms with Gasteiger partial charge in [0.1, 0.15) is 11.6 Å². The summed E-state index contributed by atoms with van der Waals surface area (Å²) in [7, 11) is 0. The molecule has 8 rings (SSSR count).